The van der Waals surface area contributed by atoms with E-state index in [1.807, 2.05) is 19.1 Å². The number of hydrogen-bond acceptors (Lipinski definition) is 8. The van der Waals surface area contributed by atoms with E-state index in [4.69, 9.17) is 28.5 Å². The summed E-state index contributed by atoms with van der Waals surface area (Å²) in [7, 11) is -3.85. The van der Waals surface area contributed by atoms with Crippen LogP contribution in [0.2, 0.25) is 0 Å². The number of nitrogens with zero attached hydrogens (tertiary/aromatic N) is 1. The first-order valence-electron chi connectivity index (χ1n) is 10.7. The van der Waals surface area contributed by atoms with Crippen molar-refractivity contribution in [1.82, 2.24) is 4.98 Å². The first-order chi connectivity index (χ1) is 16.3. The van der Waals surface area contributed by atoms with Crippen LogP contribution in [-0.2, 0) is 13.6 Å². The van der Waals surface area contributed by atoms with Crippen LogP contribution in [-0.4, -0.2) is 25.0 Å². The van der Waals surface area contributed by atoms with Crippen molar-refractivity contribution in [1.29, 1.82) is 5.26 Å². The number of aryl methyl sites for hydroxylation is 1. The van der Waals surface area contributed by atoms with Crippen LogP contribution in [0.1, 0.15) is 37.7 Å². The van der Waals surface area contributed by atoms with Gasteiger partial charge in [-0.3, -0.25) is 9.36 Å². The second kappa shape index (κ2) is 11.2. The third kappa shape index (κ3) is 5.60. The summed E-state index contributed by atoms with van der Waals surface area (Å²) in [4.78, 5) is 15.9. The van der Waals surface area contributed by atoms with Gasteiger partial charge in [-0.05, 0) is 45.0 Å². The Morgan fingerprint density at radius 1 is 1.09 bits per heavy atom. The van der Waals surface area contributed by atoms with Gasteiger partial charge in [0, 0.05) is 18.4 Å². The van der Waals surface area contributed by atoms with Crippen LogP contribution < -0.4 is 19.8 Å². The Morgan fingerprint density at radius 2 is 1.68 bits per heavy atom. The van der Waals surface area contributed by atoms with Gasteiger partial charge < -0.3 is 28.2 Å². The molecule has 0 radical (unpaired) electrons. The number of rotatable bonds is 8. The highest BCUT2D eigenvalue weighted by Gasteiger charge is 2.41. The SMILES string of the molecule is CC#N.CCOP(=O)(OCC)[C@H](Oc1ccc(C)cc1)c1cc2cc3c(cc2[nH]c1=O)OCO3. The Bertz CT molecular complexity index is 1270. The van der Waals surface area contributed by atoms with E-state index in [-0.39, 0.29) is 25.6 Å². The molecule has 0 saturated heterocycles. The number of nitriles is 1. The maximum atomic E-state index is 13.7. The zero-order chi connectivity index (χ0) is 24.7. The van der Waals surface area contributed by atoms with Crippen LogP contribution >= 0.6 is 7.60 Å². The van der Waals surface area contributed by atoms with E-state index in [0.29, 0.717) is 28.2 Å². The molecule has 1 aromatic heterocycles. The van der Waals surface area contributed by atoms with Crippen LogP contribution in [0, 0.1) is 18.3 Å². The van der Waals surface area contributed by atoms with Gasteiger partial charge in [0.15, 0.2) is 11.5 Å². The first-order valence-corrected chi connectivity index (χ1v) is 12.4. The summed E-state index contributed by atoms with van der Waals surface area (Å²) in [5, 5.41) is 8.00. The Labute approximate surface area is 197 Å². The second-order valence-corrected chi connectivity index (χ2v) is 9.29. The van der Waals surface area contributed by atoms with Crippen molar-refractivity contribution in [2.45, 2.75) is 33.5 Å². The summed E-state index contributed by atoms with van der Waals surface area (Å²) in [6.45, 7) is 7.18. The van der Waals surface area contributed by atoms with Crippen molar-refractivity contribution < 1.29 is 27.8 Å². The van der Waals surface area contributed by atoms with Gasteiger partial charge in [0.1, 0.15) is 5.75 Å². The van der Waals surface area contributed by atoms with E-state index in [0.717, 1.165) is 5.56 Å². The van der Waals surface area contributed by atoms with Crippen molar-refractivity contribution >= 4 is 18.5 Å². The highest BCUT2D eigenvalue weighted by atomic mass is 31.2. The molecule has 10 heteroatoms. The fraction of sp³-hybridized carbons (Fsp3) is 0.333. The number of nitrogens with one attached hydrogen (secondary N) is 1. The van der Waals surface area contributed by atoms with Crippen LogP contribution in [0.3, 0.4) is 0 Å². The summed E-state index contributed by atoms with van der Waals surface area (Å²) in [6, 6.07) is 14.1. The normalized spacial score (nSPS) is 13.0. The Hall–Kier alpha value is -3.31. The van der Waals surface area contributed by atoms with Crippen LogP contribution in [0.15, 0.2) is 47.3 Å². The molecule has 0 unspecified atom stereocenters. The zero-order valence-electron chi connectivity index (χ0n) is 19.5. The molecule has 0 amide bonds. The summed E-state index contributed by atoms with van der Waals surface area (Å²) in [5.74, 6) is 0.311. The Balaban J connectivity index is 0.00000103. The molecule has 0 spiro atoms. The Morgan fingerprint density at radius 3 is 2.26 bits per heavy atom. The van der Waals surface area contributed by atoms with Gasteiger partial charge in [0.2, 0.25) is 12.6 Å². The van der Waals surface area contributed by atoms with Gasteiger partial charge in [-0.25, -0.2) is 0 Å². The molecule has 2 aromatic carbocycles. The van der Waals surface area contributed by atoms with Gasteiger partial charge in [0.25, 0.3) is 5.56 Å². The lowest BCUT2D eigenvalue weighted by atomic mass is 10.1. The molecule has 1 aliphatic heterocycles. The maximum absolute atomic E-state index is 13.7. The van der Waals surface area contributed by atoms with Crippen molar-refractivity contribution in [2.75, 3.05) is 20.0 Å². The largest absolute Gasteiger partial charge is 0.473 e. The highest BCUT2D eigenvalue weighted by Crippen LogP contribution is 2.61. The number of aromatic amines is 1. The zero-order valence-corrected chi connectivity index (χ0v) is 20.4. The molecule has 1 aliphatic rings. The van der Waals surface area contributed by atoms with E-state index < -0.39 is 19.0 Å². The number of aromatic nitrogens is 1. The monoisotopic (exact) mass is 486 g/mol. The van der Waals surface area contributed by atoms with Gasteiger partial charge >= 0.3 is 7.60 Å². The number of pyridine rings is 1. The number of ether oxygens (including phenoxy) is 3. The van der Waals surface area contributed by atoms with Crippen LogP contribution in [0.4, 0.5) is 0 Å². The Kier molecular flexibility index (Phi) is 8.35. The minimum Gasteiger partial charge on any atom is -0.473 e. The first kappa shape index (κ1) is 25.3. The van der Waals surface area contributed by atoms with Gasteiger partial charge in [-0.15, -0.1) is 0 Å². The van der Waals surface area contributed by atoms with E-state index in [9.17, 15) is 9.36 Å². The van der Waals surface area contributed by atoms with Crippen molar-refractivity contribution in [3.05, 3.63) is 63.9 Å². The third-order valence-corrected chi connectivity index (χ3v) is 7.00. The second-order valence-electron chi connectivity index (χ2n) is 7.23. The quantitative estimate of drug-likeness (QED) is 0.418. The third-order valence-electron chi connectivity index (χ3n) is 4.81. The summed E-state index contributed by atoms with van der Waals surface area (Å²) in [6.07, 6.45) is 0. The number of hydrogen-bond donors (Lipinski definition) is 1. The molecule has 34 heavy (non-hydrogen) atoms. The summed E-state index contributed by atoms with van der Waals surface area (Å²) >= 11 is 0. The topological polar surface area (TPSA) is 120 Å². The van der Waals surface area contributed by atoms with Crippen molar-refractivity contribution in [3.63, 3.8) is 0 Å². The minimum absolute atomic E-state index is 0.117. The number of benzene rings is 2. The minimum atomic E-state index is -3.85. The molecule has 4 rings (SSSR count). The van der Waals surface area contributed by atoms with Crippen molar-refractivity contribution in [3.8, 4) is 23.3 Å². The molecule has 0 saturated carbocycles. The lowest BCUT2D eigenvalue weighted by Crippen LogP contribution is -2.22. The fourth-order valence-corrected chi connectivity index (χ4v) is 5.22. The van der Waals surface area contributed by atoms with Gasteiger partial charge in [-0.1, -0.05) is 17.7 Å². The summed E-state index contributed by atoms with van der Waals surface area (Å²) < 4.78 is 41.6. The molecule has 3 aromatic rings. The molecule has 0 aliphatic carbocycles. The van der Waals surface area contributed by atoms with E-state index >= 15 is 0 Å². The van der Waals surface area contributed by atoms with Crippen molar-refractivity contribution in [2.24, 2.45) is 0 Å². The molecular formula is C24H27N2O7P. The van der Waals surface area contributed by atoms with E-state index in [1.165, 1.54) is 6.92 Å². The molecular weight excluding hydrogens is 459 g/mol. The molecule has 9 nitrogen and oxygen atoms in total. The molecule has 1 atom stereocenters. The number of H-pyrrole nitrogens is 1. The predicted octanol–water partition coefficient (Wildman–Crippen LogP) is 5.44. The standard InChI is InChI=1S/C22H24NO7P.C2H3N/c1-4-28-31(25,29-5-2)22(30-16-8-6-14(3)7-9-16)17-10-15-11-19-20(27-13-26-19)12-18(15)23-21(17)24;1-2-3/h6-12,22H,4-5,13H2,1-3H3,(H,23,24);1H3/t22-;/m0./s1. The molecule has 0 fully saturated rings. The highest BCUT2D eigenvalue weighted by molar-refractivity contribution is 7.54. The predicted molar refractivity (Wildman–Crippen MR) is 127 cm³/mol. The van der Waals surface area contributed by atoms with Crippen LogP contribution in [0.5, 0.6) is 17.2 Å². The molecule has 0 bridgehead atoms. The summed E-state index contributed by atoms with van der Waals surface area (Å²) in [5.41, 5.74) is 1.29. The average molecular weight is 486 g/mol. The molecule has 1 N–H and O–H groups in total. The molecule has 180 valence electrons. The lowest BCUT2D eigenvalue weighted by Gasteiger charge is -2.27. The van der Waals surface area contributed by atoms with Gasteiger partial charge in [-0.2, -0.15) is 5.26 Å². The maximum Gasteiger partial charge on any atom is 0.375 e. The van der Waals surface area contributed by atoms with E-state index in [2.05, 4.69) is 4.98 Å². The lowest BCUT2D eigenvalue weighted by molar-refractivity contribution is 0.161. The molecule has 2 heterocycles. The fourth-order valence-electron chi connectivity index (χ4n) is 3.37. The number of fused-ring (bicyclic) bond motifs is 2. The van der Waals surface area contributed by atoms with Crippen LogP contribution in [0.25, 0.3) is 10.9 Å². The smallest absolute Gasteiger partial charge is 0.375 e. The van der Waals surface area contributed by atoms with E-state index in [1.54, 1.807) is 50.2 Å². The van der Waals surface area contributed by atoms with Gasteiger partial charge in [0.05, 0.1) is 30.4 Å². The average Bonchev–Trinajstić information content (AvgIpc) is 3.25.